The van der Waals surface area contributed by atoms with E-state index < -0.39 is 17.9 Å². The number of amides is 1. The van der Waals surface area contributed by atoms with Gasteiger partial charge in [0, 0.05) is 17.1 Å². The number of carbonyl (C=O) groups excluding carboxylic acids is 2. The number of benzene rings is 3. The Balaban J connectivity index is 1.42. The molecule has 0 bridgehead atoms. The van der Waals surface area contributed by atoms with Crippen LogP contribution < -0.4 is 5.32 Å². The van der Waals surface area contributed by atoms with E-state index in [0.717, 1.165) is 27.6 Å². The van der Waals surface area contributed by atoms with Gasteiger partial charge in [0.15, 0.2) is 5.82 Å². The van der Waals surface area contributed by atoms with Gasteiger partial charge in [-0.1, -0.05) is 60.7 Å². The van der Waals surface area contributed by atoms with Crippen LogP contribution in [-0.4, -0.2) is 37.1 Å². The highest BCUT2D eigenvalue weighted by Crippen LogP contribution is 2.26. The van der Waals surface area contributed by atoms with E-state index in [2.05, 4.69) is 15.3 Å². The van der Waals surface area contributed by atoms with Crippen LogP contribution in [0.2, 0.25) is 0 Å². The Hall–Kier alpha value is -5.63. The van der Waals surface area contributed by atoms with Crippen molar-refractivity contribution in [1.29, 1.82) is 0 Å². The van der Waals surface area contributed by atoms with Crippen LogP contribution in [0.5, 0.6) is 0 Å². The molecule has 8 nitrogen and oxygen atoms in total. The molecule has 6 aromatic rings. The Morgan fingerprint density at radius 1 is 0.780 bits per heavy atom. The normalized spacial score (nSPS) is 11.8. The smallest absolute Gasteiger partial charge is 0.335 e. The summed E-state index contributed by atoms with van der Waals surface area (Å²) in [4.78, 5) is 47.6. The second-order valence-corrected chi connectivity index (χ2v) is 9.71. The molecule has 3 heterocycles. The van der Waals surface area contributed by atoms with Crippen molar-refractivity contribution >= 4 is 34.1 Å². The maximum atomic E-state index is 13.8. The van der Waals surface area contributed by atoms with Gasteiger partial charge in [-0.25, -0.2) is 9.78 Å². The number of carboxylic acids is 1. The van der Waals surface area contributed by atoms with E-state index in [9.17, 15) is 19.5 Å². The van der Waals surface area contributed by atoms with Gasteiger partial charge < -0.3 is 10.4 Å². The quantitative estimate of drug-likeness (QED) is 0.241. The Labute approximate surface area is 234 Å². The van der Waals surface area contributed by atoms with Crippen LogP contribution in [0, 0.1) is 0 Å². The summed E-state index contributed by atoms with van der Waals surface area (Å²) >= 11 is 0. The first-order chi connectivity index (χ1) is 19.9. The van der Waals surface area contributed by atoms with Gasteiger partial charge in [0.2, 0.25) is 5.78 Å². The number of ketones is 1. The molecule has 0 aliphatic heterocycles. The third-order valence-corrected chi connectivity index (χ3v) is 7.03. The molecule has 0 spiro atoms. The highest BCUT2D eigenvalue weighted by atomic mass is 16.4. The number of fused-ring (bicyclic) bond motifs is 2. The van der Waals surface area contributed by atoms with Crippen LogP contribution >= 0.6 is 0 Å². The van der Waals surface area contributed by atoms with E-state index in [1.165, 1.54) is 18.3 Å². The minimum atomic E-state index is -1.02. The van der Waals surface area contributed by atoms with Gasteiger partial charge in [0.05, 0.1) is 28.8 Å². The van der Waals surface area contributed by atoms with E-state index >= 15 is 0 Å². The lowest BCUT2D eigenvalue weighted by Gasteiger charge is -2.17. The average molecular weight is 541 g/mol. The minimum absolute atomic E-state index is 0.0975. The number of imidazole rings is 1. The summed E-state index contributed by atoms with van der Waals surface area (Å²) in [5.74, 6) is -1.69. The first-order valence-electron chi connectivity index (χ1n) is 13.0. The largest absolute Gasteiger partial charge is 0.478 e. The number of nitrogens with one attached hydrogen (secondary N) is 1. The number of carbonyl (C=O) groups is 3. The van der Waals surface area contributed by atoms with Gasteiger partial charge in [-0.15, -0.1) is 0 Å². The number of hydrogen-bond donors (Lipinski definition) is 2. The van der Waals surface area contributed by atoms with E-state index in [1.54, 1.807) is 34.9 Å². The SMILES string of the molecule is C[C@H](NC(=O)c1cc(-c2ccccc2)cc2cnc(C(=O)c3cnc4ccccc4c3)n12)c1ccc(C(=O)O)cc1. The summed E-state index contributed by atoms with van der Waals surface area (Å²) in [5.41, 5.74) is 4.58. The summed E-state index contributed by atoms with van der Waals surface area (Å²) in [6.45, 7) is 1.81. The molecule has 3 aromatic heterocycles. The van der Waals surface area contributed by atoms with Crippen molar-refractivity contribution in [2.75, 3.05) is 0 Å². The van der Waals surface area contributed by atoms with E-state index in [-0.39, 0.29) is 22.9 Å². The second kappa shape index (κ2) is 10.5. The molecule has 0 fully saturated rings. The van der Waals surface area contributed by atoms with Crippen LogP contribution in [0.25, 0.3) is 27.5 Å². The lowest BCUT2D eigenvalue weighted by Crippen LogP contribution is -2.29. The number of pyridine rings is 2. The monoisotopic (exact) mass is 540 g/mol. The summed E-state index contributed by atoms with van der Waals surface area (Å²) in [6.07, 6.45) is 3.10. The maximum Gasteiger partial charge on any atom is 0.335 e. The number of para-hydroxylation sites is 1. The molecule has 200 valence electrons. The van der Waals surface area contributed by atoms with Crippen LogP contribution in [0.15, 0.2) is 109 Å². The number of hydrogen-bond acceptors (Lipinski definition) is 5. The zero-order chi connectivity index (χ0) is 28.5. The van der Waals surface area contributed by atoms with E-state index in [0.29, 0.717) is 11.1 Å². The first kappa shape index (κ1) is 25.6. The fourth-order valence-electron chi connectivity index (χ4n) is 4.85. The van der Waals surface area contributed by atoms with E-state index in [4.69, 9.17) is 0 Å². The zero-order valence-corrected chi connectivity index (χ0v) is 22.0. The summed E-state index contributed by atoms with van der Waals surface area (Å²) in [7, 11) is 0. The number of rotatable bonds is 7. The molecule has 3 aromatic carbocycles. The van der Waals surface area contributed by atoms with Gasteiger partial charge in [0.25, 0.3) is 5.91 Å². The molecular formula is C33H24N4O4. The van der Waals surface area contributed by atoms with Gasteiger partial charge in [-0.05, 0) is 60.0 Å². The summed E-state index contributed by atoms with van der Waals surface area (Å²) in [5, 5.41) is 13.0. The molecule has 0 saturated carbocycles. The predicted molar refractivity (Wildman–Crippen MR) is 155 cm³/mol. The zero-order valence-electron chi connectivity index (χ0n) is 22.0. The molecule has 1 atom stereocenters. The number of aromatic carboxylic acids is 1. The molecule has 0 saturated heterocycles. The van der Waals surface area contributed by atoms with Crippen molar-refractivity contribution in [1.82, 2.24) is 19.7 Å². The Bertz CT molecular complexity index is 1950. The number of carboxylic acid groups (broad SMARTS) is 1. The van der Waals surface area contributed by atoms with Crippen LogP contribution in [0.4, 0.5) is 0 Å². The van der Waals surface area contributed by atoms with Crippen molar-refractivity contribution in [3.05, 3.63) is 138 Å². The molecule has 0 unspecified atom stereocenters. The molecule has 8 heteroatoms. The van der Waals surface area contributed by atoms with Crippen molar-refractivity contribution in [3.8, 4) is 11.1 Å². The Morgan fingerprint density at radius 3 is 2.27 bits per heavy atom. The van der Waals surface area contributed by atoms with Gasteiger partial charge in [-0.2, -0.15) is 0 Å². The van der Waals surface area contributed by atoms with Crippen molar-refractivity contribution in [2.24, 2.45) is 0 Å². The maximum absolute atomic E-state index is 13.8. The Morgan fingerprint density at radius 2 is 1.51 bits per heavy atom. The summed E-state index contributed by atoms with van der Waals surface area (Å²) in [6, 6.07) is 28.5. The molecule has 0 radical (unpaired) electrons. The molecule has 0 aliphatic carbocycles. The first-order valence-corrected chi connectivity index (χ1v) is 13.0. The highest BCUT2D eigenvalue weighted by Gasteiger charge is 2.23. The van der Waals surface area contributed by atoms with Crippen molar-refractivity contribution < 1.29 is 19.5 Å². The molecule has 6 rings (SSSR count). The van der Waals surface area contributed by atoms with Crippen molar-refractivity contribution in [3.63, 3.8) is 0 Å². The van der Waals surface area contributed by atoms with Gasteiger partial charge >= 0.3 is 5.97 Å². The van der Waals surface area contributed by atoms with E-state index in [1.807, 2.05) is 67.6 Å². The third-order valence-electron chi connectivity index (χ3n) is 7.03. The topological polar surface area (TPSA) is 114 Å². The number of aromatic nitrogens is 3. The van der Waals surface area contributed by atoms with Gasteiger partial charge in [0.1, 0.15) is 5.69 Å². The van der Waals surface area contributed by atoms with Crippen LogP contribution in [0.1, 0.15) is 55.6 Å². The van der Waals surface area contributed by atoms with Crippen molar-refractivity contribution in [2.45, 2.75) is 13.0 Å². The standard InChI is InChI=1S/C33H24N4O4/c1-20(21-11-13-23(14-12-21)33(40)41)36-32(39)29-17-25(22-7-3-2-4-8-22)16-27-19-35-31(37(27)29)30(38)26-15-24-9-5-6-10-28(24)34-18-26/h2-20H,1H3,(H,36,39)(H,40,41)/t20-/m0/s1. The number of nitrogens with zero attached hydrogens (tertiary/aromatic N) is 3. The van der Waals surface area contributed by atoms with Gasteiger partial charge in [-0.3, -0.25) is 19.0 Å². The fraction of sp³-hybridized carbons (Fsp3) is 0.0606. The highest BCUT2D eigenvalue weighted by molar-refractivity contribution is 6.09. The molecule has 41 heavy (non-hydrogen) atoms. The van der Waals surface area contributed by atoms with Crippen LogP contribution in [0.3, 0.4) is 0 Å². The minimum Gasteiger partial charge on any atom is -0.478 e. The van der Waals surface area contributed by atoms with Crippen LogP contribution in [-0.2, 0) is 0 Å². The molecule has 2 N–H and O–H groups in total. The third kappa shape index (κ3) is 4.94. The predicted octanol–water partition coefficient (Wildman–Crippen LogP) is 5.97. The molecular weight excluding hydrogens is 516 g/mol. The lowest BCUT2D eigenvalue weighted by molar-refractivity contribution is 0.0696. The second-order valence-electron chi connectivity index (χ2n) is 9.71. The lowest BCUT2D eigenvalue weighted by atomic mass is 10.0. The summed E-state index contributed by atoms with van der Waals surface area (Å²) < 4.78 is 1.57. The molecule has 0 aliphatic rings. The average Bonchev–Trinajstić information content (AvgIpc) is 3.44. The fourth-order valence-corrected chi connectivity index (χ4v) is 4.85. The Kier molecular flexibility index (Phi) is 6.57. The molecule has 1 amide bonds.